The Kier molecular flexibility index (Phi) is 6.32. The van der Waals surface area contributed by atoms with E-state index in [4.69, 9.17) is 16.4 Å². The van der Waals surface area contributed by atoms with Crippen LogP contribution >= 0.6 is 0 Å². The Labute approximate surface area is 91.7 Å². The maximum Gasteiger partial charge on any atom is 1.00 e. The Balaban J connectivity index is 0. The van der Waals surface area contributed by atoms with E-state index in [1.54, 1.807) is 0 Å². The second-order valence-electron chi connectivity index (χ2n) is 1.60. The molecule has 0 atom stereocenters. The molecular weight excluding hydrogens is 195 g/mol. The predicted octanol–water partition coefficient (Wildman–Crippen LogP) is -4.83. The second kappa shape index (κ2) is 5.34. The summed E-state index contributed by atoms with van der Waals surface area (Å²) in [7, 11) is -4.55. The molecule has 0 aromatic heterocycles. The minimum absolute atomic E-state index is 0. The summed E-state index contributed by atoms with van der Waals surface area (Å²) in [6.45, 7) is 0. The van der Waals surface area contributed by atoms with Gasteiger partial charge in [0.25, 0.3) is 0 Å². The van der Waals surface area contributed by atoms with Crippen molar-refractivity contribution in [3.8, 4) is 6.19 Å². The van der Waals surface area contributed by atoms with Crippen LogP contribution in [0.1, 0.15) is 0 Å². The van der Waals surface area contributed by atoms with Crippen molar-refractivity contribution in [2.24, 2.45) is 5.73 Å². The van der Waals surface area contributed by atoms with E-state index in [9.17, 15) is 13.0 Å². The number of guanidine groups is 1. The Hall–Kier alpha value is -0.330. The van der Waals surface area contributed by atoms with Gasteiger partial charge >= 0.3 is 29.6 Å². The van der Waals surface area contributed by atoms with Crippen molar-refractivity contribution in [2.75, 3.05) is 5.88 Å². The molecule has 9 heteroatoms. The molecule has 62 valence electrons. The van der Waals surface area contributed by atoms with Gasteiger partial charge in [0.05, 0.1) is 0 Å². The van der Waals surface area contributed by atoms with Crippen LogP contribution in [-0.2, 0) is 10.1 Å². The van der Waals surface area contributed by atoms with Crippen molar-refractivity contribution in [2.45, 2.75) is 0 Å². The van der Waals surface area contributed by atoms with Crippen LogP contribution in [0.4, 0.5) is 0 Å². The molecule has 0 aromatic carbocycles. The quantitative estimate of drug-likeness (QED) is 0.115. The van der Waals surface area contributed by atoms with Crippen molar-refractivity contribution < 1.29 is 42.5 Å². The summed E-state index contributed by atoms with van der Waals surface area (Å²) in [5.74, 6) is -1.87. The van der Waals surface area contributed by atoms with Crippen molar-refractivity contribution in [3.05, 3.63) is 0 Å². The zero-order chi connectivity index (χ0) is 9.07. The number of hydrogen-bond acceptors (Lipinski definition) is 5. The van der Waals surface area contributed by atoms with Crippen molar-refractivity contribution in [1.82, 2.24) is 4.90 Å². The van der Waals surface area contributed by atoms with Crippen LogP contribution < -0.4 is 35.3 Å². The molecule has 0 saturated carbocycles. The second-order valence-corrected chi connectivity index (χ2v) is 2.97. The molecule has 0 unspecified atom stereocenters. The summed E-state index contributed by atoms with van der Waals surface area (Å²) in [5, 5.41) is 14.7. The minimum atomic E-state index is -4.55. The first-order valence-corrected chi connectivity index (χ1v) is 3.89. The Morgan fingerprint density at radius 2 is 2.17 bits per heavy atom. The topological polar surface area (TPSA) is 134 Å². The molecule has 0 fully saturated rings. The molecule has 0 rings (SSSR count). The predicted molar refractivity (Wildman–Crippen MR) is 33.9 cm³/mol. The standard InChI is InChI=1S/C3H6N4O3S.Na/c4-1-7(3(5)6)2-11(8,9)10;/h2H2,(H3,5,6)(H,8,9,10);/q;+1/p-1. The molecule has 0 saturated heterocycles. The average Bonchev–Trinajstić information content (AvgIpc) is 1.80. The first-order valence-electron chi connectivity index (χ1n) is 2.31. The van der Waals surface area contributed by atoms with Gasteiger partial charge in [-0.05, 0) is 0 Å². The molecule has 12 heavy (non-hydrogen) atoms. The van der Waals surface area contributed by atoms with Crippen LogP contribution in [0.15, 0.2) is 0 Å². The van der Waals surface area contributed by atoms with Gasteiger partial charge in [0, 0.05) is 0 Å². The third-order valence-electron chi connectivity index (χ3n) is 0.699. The van der Waals surface area contributed by atoms with Gasteiger partial charge in [-0.15, -0.1) is 0 Å². The van der Waals surface area contributed by atoms with E-state index in [0.717, 1.165) is 0 Å². The fraction of sp³-hybridized carbons (Fsp3) is 0.333. The van der Waals surface area contributed by atoms with Crippen LogP contribution in [0, 0.1) is 16.9 Å². The van der Waals surface area contributed by atoms with Gasteiger partial charge in [0.1, 0.15) is 16.0 Å². The Morgan fingerprint density at radius 3 is 2.25 bits per heavy atom. The molecule has 0 radical (unpaired) electrons. The summed E-state index contributed by atoms with van der Waals surface area (Å²) >= 11 is 0. The van der Waals surface area contributed by atoms with E-state index in [2.05, 4.69) is 0 Å². The summed E-state index contributed by atoms with van der Waals surface area (Å²) in [5.41, 5.74) is 4.74. The molecule has 0 aliphatic heterocycles. The number of nitriles is 1. The normalized spacial score (nSPS) is 9.33. The Bertz CT molecular complexity index is 293. The van der Waals surface area contributed by atoms with Gasteiger partial charge in [-0.25, -0.2) is 13.3 Å². The van der Waals surface area contributed by atoms with E-state index in [0.29, 0.717) is 0 Å². The van der Waals surface area contributed by atoms with Crippen molar-refractivity contribution >= 4 is 16.1 Å². The number of nitrogens with zero attached hydrogens (tertiary/aromatic N) is 2. The van der Waals surface area contributed by atoms with E-state index >= 15 is 0 Å². The zero-order valence-electron chi connectivity index (χ0n) is 6.31. The van der Waals surface area contributed by atoms with E-state index in [-0.39, 0.29) is 34.5 Å². The average molecular weight is 200 g/mol. The molecule has 0 spiro atoms. The largest absolute Gasteiger partial charge is 1.00 e. The molecule has 3 N–H and O–H groups in total. The van der Waals surface area contributed by atoms with Gasteiger partial charge in [-0.1, -0.05) is 0 Å². The summed E-state index contributed by atoms with van der Waals surface area (Å²) in [6, 6.07) is 0. The first kappa shape index (κ1) is 14.2. The summed E-state index contributed by atoms with van der Waals surface area (Å²) in [6.07, 6.45) is 1.26. The van der Waals surface area contributed by atoms with E-state index < -0.39 is 22.0 Å². The summed E-state index contributed by atoms with van der Waals surface area (Å²) < 4.78 is 30.0. The van der Waals surface area contributed by atoms with E-state index in [1.807, 2.05) is 0 Å². The van der Waals surface area contributed by atoms with Crippen LogP contribution in [-0.4, -0.2) is 29.7 Å². The fourth-order valence-corrected chi connectivity index (χ4v) is 0.823. The van der Waals surface area contributed by atoms with Crippen LogP contribution in [0.25, 0.3) is 0 Å². The molecule has 0 aliphatic rings. The summed E-state index contributed by atoms with van der Waals surface area (Å²) in [4.78, 5) is 0.266. The van der Waals surface area contributed by atoms with Gasteiger partial charge in [0.2, 0.25) is 5.96 Å². The molecule has 0 aromatic rings. The monoisotopic (exact) mass is 200 g/mol. The van der Waals surface area contributed by atoms with Crippen molar-refractivity contribution in [3.63, 3.8) is 0 Å². The number of nitrogens with two attached hydrogens (primary N) is 1. The molecule has 0 heterocycles. The first-order chi connectivity index (χ1) is 4.87. The molecule has 0 amide bonds. The number of rotatable bonds is 2. The molecule has 0 aliphatic carbocycles. The van der Waals surface area contributed by atoms with Gasteiger partial charge in [-0.2, -0.15) is 5.26 Å². The van der Waals surface area contributed by atoms with Crippen LogP contribution in [0.3, 0.4) is 0 Å². The zero-order valence-corrected chi connectivity index (χ0v) is 9.13. The van der Waals surface area contributed by atoms with Gasteiger partial charge in [0.15, 0.2) is 6.19 Å². The SMILES string of the molecule is N#CN(CS(=O)(=O)[O-])C(=N)N.[Na+]. The maximum atomic E-state index is 10.0. The smallest absolute Gasteiger partial charge is 0.747 e. The van der Waals surface area contributed by atoms with E-state index in [1.165, 1.54) is 6.19 Å². The van der Waals surface area contributed by atoms with Gasteiger partial charge in [-0.3, -0.25) is 5.41 Å². The minimum Gasteiger partial charge on any atom is -0.747 e. The third kappa shape index (κ3) is 6.38. The van der Waals surface area contributed by atoms with Crippen LogP contribution in [0.2, 0.25) is 0 Å². The number of nitrogens with one attached hydrogen (secondary N) is 1. The molecular formula is C3H5N4NaO3S. The third-order valence-corrected chi connectivity index (χ3v) is 1.27. The maximum absolute atomic E-state index is 10.0. The Morgan fingerprint density at radius 1 is 1.75 bits per heavy atom. The molecule has 7 nitrogen and oxygen atoms in total. The van der Waals surface area contributed by atoms with Crippen LogP contribution in [0.5, 0.6) is 0 Å². The van der Waals surface area contributed by atoms with Gasteiger partial charge < -0.3 is 10.3 Å². The fourth-order valence-electron chi connectivity index (χ4n) is 0.310. The molecule has 0 bridgehead atoms. The van der Waals surface area contributed by atoms with Crippen molar-refractivity contribution in [1.29, 1.82) is 10.7 Å². The number of hydrogen-bond donors (Lipinski definition) is 2.